The number of hydrogen-bond donors (Lipinski definition) is 3. The number of carbonyl (C=O) groups is 1. The van der Waals surface area contributed by atoms with Gasteiger partial charge in [-0.25, -0.2) is 0 Å². The fourth-order valence-corrected chi connectivity index (χ4v) is 0.798. The van der Waals surface area contributed by atoms with Crippen molar-refractivity contribution in [1.82, 2.24) is 0 Å². The van der Waals surface area contributed by atoms with E-state index in [1.54, 1.807) is 20.8 Å². The van der Waals surface area contributed by atoms with E-state index in [4.69, 9.17) is 10.2 Å². The third-order valence-electron chi connectivity index (χ3n) is 1.87. The zero-order chi connectivity index (χ0) is 13.5. The molecule has 0 saturated heterocycles. The van der Waals surface area contributed by atoms with Gasteiger partial charge in [0.25, 0.3) is 0 Å². The lowest BCUT2D eigenvalue weighted by Crippen LogP contribution is -2.27. The molecule has 0 amide bonds. The summed E-state index contributed by atoms with van der Waals surface area (Å²) in [6.45, 7) is 11.0. The zero-order valence-electron chi connectivity index (χ0n) is 11.2. The first-order valence-corrected chi connectivity index (χ1v) is 5.56. The van der Waals surface area contributed by atoms with Crippen LogP contribution in [0.2, 0.25) is 0 Å². The largest absolute Gasteiger partial charge is 0.481 e. The molecule has 0 aliphatic rings. The Kier molecular flexibility index (Phi) is 8.47. The molecule has 0 radical (unpaired) electrons. The van der Waals surface area contributed by atoms with E-state index >= 15 is 0 Å². The van der Waals surface area contributed by atoms with Crippen molar-refractivity contribution in [3.05, 3.63) is 0 Å². The Hall–Kier alpha value is -0.610. The van der Waals surface area contributed by atoms with Crippen molar-refractivity contribution in [2.45, 2.75) is 60.2 Å². The third-order valence-corrected chi connectivity index (χ3v) is 1.87. The number of aliphatic hydroxyl groups is 2. The molecule has 0 aliphatic carbocycles. The highest BCUT2D eigenvalue weighted by Crippen LogP contribution is 2.21. The second-order valence-electron chi connectivity index (χ2n) is 5.57. The van der Waals surface area contributed by atoms with Crippen molar-refractivity contribution in [3.8, 4) is 0 Å². The summed E-state index contributed by atoms with van der Waals surface area (Å²) in [6.07, 6.45) is -0.552. The van der Waals surface area contributed by atoms with Crippen LogP contribution in [-0.2, 0) is 4.79 Å². The number of aliphatic hydroxyl groups excluding tert-OH is 2. The molecule has 98 valence electrons. The van der Waals surface area contributed by atoms with E-state index < -0.39 is 18.2 Å². The standard InChI is InChI=1S/C8H18O2.C4H8O2/c1-6(9)7(10)5-8(2,3)4;1-3(2)4(5)6/h6-7,9-10H,5H2,1-4H3;3H,1-2H3,(H,5,6). The summed E-state index contributed by atoms with van der Waals surface area (Å²) in [4.78, 5) is 9.70. The van der Waals surface area contributed by atoms with Crippen molar-refractivity contribution < 1.29 is 20.1 Å². The van der Waals surface area contributed by atoms with Crippen molar-refractivity contribution in [2.75, 3.05) is 0 Å². The Bertz CT molecular complexity index is 192. The molecule has 16 heavy (non-hydrogen) atoms. The minimum atomic E-state index is -0.741. The highest BCUT2D eigenvalue weighted by Gasteiger charge is 2.19. The summed E-state index contributed by atoms with van der Waals surface area (Å²) in [5.41, 5.74) is 0.0937. The second kappa shape index (κ2) is 7.63. The first kappa shape index (κ1) is 17.8. The van der Waals surface area contributed by atoms with Crippen LogP contribution in [-0.4, -0.2) is 33.5 Å². The van der Waals surface area contributed by atoms with Gasteiger partial charge in [0.1, 0.15) is 0 Å². The lowest BCUT2D eigenvalue weighted by atomic mass is 9.88. The lowest BCUT2D eigenvalue weighted by molar-refractivity contribution is -0.140. The molecule has 0 rings (SSSR count). The van der Waals surface area contributed by atoms with Crippen molar-refractivity contribution in [3.63, 3.8) is 0 Å². The highest BCUT2D eigenvalue weighted by atomic mass is 16.4. The minimum absolute atomic E-state index is 0.0937. The van der Waals surface area contributed by atoms with E-state index in [9.17, 15) is 9.90 Å². The molecule has 0 aromatic heterocycles. The van der Waals surface area contributed by atoms with Gasteiger partial charge in [0, 0.05) is 0 Å². The summed E-state index contributed by atoms with van der Waals surface area (Å²) in [6, 6.07) is 0. The topological polar surface area (TPSA) is 77.8 Å². The quantitative estimate of drug-likeness (QED) is 0.697. The zero-order valence-corrected chi connectivity index (χ0v) is 11.2. The van der Waals surface area contributed by atoms with Crippen LogP contribution in [0, 0.1) is 11.3 Å². The van der Waals surface area contributed by atoms with Gasteiger partial charge in [0.15, 0.2) is 0 Å². The lowest BCUT2D eigenvalue weighted by Gasteiger charge is -2.23. The van der Waals surface area contributed by atoms with Gasteiger partial charge in [-0.05, 0) is 18.8 Å². The molecule has 4 heteroatoms. The number of hydrogen-bond acceptors (Lipinski definition) is 3. The van der Waals surface area contributed by atoms with Crippen LogP contribution in [0.15, 0.2) is 0 Å². The Morgan fingerprint density at radius 1 is 1.12 bits per heavy atom. The van der Waals surface area contributed by atoms with Crippen molar-refractivity contribution in [1.29, 1.82) is 0 Å². The van der Waals surface area contributed by atoms with Crippen LogP contribution in [0.4, 0.5) is 0 Å². The van der Waals surface area contributed by atoms with E-state index in [-0.39, 0.29) is 11.3 Å². The average Bonchev–Trinajstić information content (AvgIpc) is 2.01. The van der Waals surface area contributed by atoms with Gasteiger partial charge in [-0.1, -0.05) is 34.6 Å². The summed E-state index contributed by atoms with van der Waals surface area (Å²) in [7, 11) is 0. The maximum absolute atomic E-state index is 9.70. The summed E-state index contributed by atoms with van der Waals surface area (Å²) < 4.78 is 0. The van der Waals surface area contributed by atoms with E-state index in [0.717, 1.165) is 0 Å². The van der Waals surface area contributed by atoms with E-state index in [1.807, 2.05) is 20.8 Å². The van der Waals surface area contributed by atoms with Crippen LogP contribution >= 0.6 is 0 Å². The number of carboxylic acid groups (broad SMARTS) is 1. The van der Waals surface area contributed by atoms with Gasteiger partial charge in [0.05, 0.1) is 18.1 Å². The number of aliphatic carboxylic acids is 1. The molecule has 4 nitrogen and oxygen atoms in total. The van der Waals surface area contributed by atoms with Gasteiger partial charge < -0.3 is 15.3 Å². The maximum Gasteiger partial charge on any atom is 0.305 e. The molecule has 0 fully saturated rings. The molecule has 0 spiro atoms. The average molecular weight is 234 g/mol. The second-order valence-corrected chi connectivity index (χ2v) is 5.57. The Labute approximate surface area is 98.3 Å². The van der Waals surface area contributed by atoms with Gasteiger partial charge in [-0.3, -0.25) is 4.79 Å². The van der Waals surface area contributed by atoms with Crippen LogP contribution in [0.1, 0.15) is 48.0 Å². The molecule has 0 aliphatic heterocycles. The molecule has 0 bridgehead atoms. The molecule has 0 heterocycles. The van der Waals surface area contributed by atoms with Gasteiger partial charge in [-0.2, -0.15) is 0 Å². The summed E-state index contributed by atoms with van der Waals surface area (Å²) >= 11 is 0. The normalized spacial score (nSPS) is 15.1. The molecular formula is C12H26O4. The van der Waals surface area contributed by atoms with Crippen LogP contribution in [0.3, 0.4) is 0 Å². The van der Waals surface area contributed by atoms with E-state index in [0.29, 0.717) is 6.42 Å². The Balaban J connectivity index is 0. The SMILES string of the molecule is CC(C)C(=O)O.CC(O)C(O)CC(C)(C)C. The van der Waals surface area contributed by atoms with Crippen molar-refractivity contribution >= 4 is 5.97 Å². The highest BCUT2D eigenvalue weighted by molar-refractivity contribution is 5.68. The minimum Gasteiger partial charge on any atom is -0.481 e. The van der Waals surface area contributed by atoms with Gasteiger partial charge in [-0.15, -0.1) is 0 Å². The molecule has 0 aromatic rings. The predicted molar refractivity (Wildman–Crippen MR) is 64.2 cm³/mol. The van der Waals surface area contributed by atoms with E-state index in [2.05, 4.69) is 0 Å². The maximum atomic E-state index is 9.70. The van der Waals surface area contributed by atoms with Gasteiger partial charge in [0.2, 0.25) is 0 Å². The molecule has 2 unspecified atom stereocenters. The predicted octanol–water partition coefficient (Wildman–Crippen LogP) is 1.89. The molecule has 3 N–H and O–H groups in total. The molecular weight excluding hydrogens is 208 g/mol. The molecule has 0 saturated carbocycles. The third kappa shape index (κ3) is 13.4. The fraction of sp³-hybridized carbons (Fsp3) is 0.917. The van der Waals surface area contributed by atoms with Crippen LogP contribution in [0.5, 0.6) is 0 Å². The Morgan fingerprint density at radius 3 is 1.50 bits per heavy atom. The number of rotatable bonds is 3. The fourth-order valence-electron chi connectivity index (χ4n) is 0.798. The first-order chi connectivity index (χ1) is 6.97. The molecule has 0 aromatic carbocycles. The van der Waals surface area contributed by atoms with Gasteiger partial charge >= 0.3 is 5.97 Å². The summed E-state index contributed by atoms with van der Waals surface area (Å²) in [5.74, 6) is -0.972. The van der Waals surface area contributed by atoms with Crippen molar-refractivity contribution in [2.24, 2.45) is 11.3 Å². The monoisotopic (exact) mass is 234 g/mol. The molecule has 2 atom stereocenters. The smallest absolute Gasteiger partial charge is 0.305 e. The van der Waals surface area contributed by atoms with Crippen LogP contribution in [0.25, 0.3) is 0 Å². The first-order valence-electron chi connectivity index (χ1n) is 5.56. The Morgan fingerprint density at radius 2 is 1.44 bits per heavy atom. The van der Waals surface area contributed by atoms with E-state index in [1.165, 1.54) is 0 Å². The number of carboxylic acids is 1. The summed E-state index contributed by atoms with van der Waals surface area (Å²) in [5, 5.41) is 26.1. The van der Waals surface area contributed by atoms with Crippen LogP contribution < -0.4 is 0 Å².